The monoisotopic (exact) mass is 369 g/mol. The SMILES string of the molecule is COC(=O)C1C2CC3C(OC(=O)C31)C2OC(=O)C(F)(F)SOO[O-]. The van der Waals surface area contributed by atoms with Crippen LogP contribution in [0.3, 0.4) is 0 Å². The molecule has 6 unspecified atom stereocenters. The minimum absolute atomic E-state index is 0.317. The molecule has 2 saturated carbocycles. The third-order valence-corrected chi connectivity index (χ3v) is 5.17. The number of hydrogen-bond acceptors (Lipinski definition) is 10. The molecule has 1 aliphatic heterocycles. The van der Waals surface area contributed by atoms with Gasteiger partial charge in [0.05, 0.1) is 18.9 Å². The first-order valence-electron chi connectivity index (χ1n) is 6.83. The summed E-state index contributed by atoms with van der Waals surface area (Å²) in [4.78, 5) is 35.4. The summed E-state index contributed by atoms with van der Waals surface area (Å²) in [5.41, 5.74) is 0. The van der Waals surface area contributed by atoms with Crippen LogP contribution >= 0.6 is 12.0 Å². The lowest BCUT2D eigenvalue weighted by atomic mass is 9.78. The van der Waals surface area contributed by atoms with Crippen LogP contribution < -0.4 is 5.26 Å². The van der Waals surface area contributed by atoms with E-state index in [1.807, 2.05) is 0 Å². The molecule has 6 atom stereocenters. The lowest BCUT2D eigenvalue weighted by Gasteiger charge is -2.30. The van der Waals surface area contributed by atoms with Crippen LogP contribution in [0.4, 0.5) is 8.78 Å². The molecule has 0 N–H and O–H groups in total. The fraction of sp³-hybridized carbons (Fsp3) is 0.750. The van der Waals surface area contributed by atoms with Crippen molar-refractivity contribution in [1.29, 1.82) is 0 Å². The Hall–Kier alpha value is -1.50. The zero-order valence-electron chi connectivity index (χ0n) is 12.0. The highest BCUT2D eigenvalue weighted by atomic mass is 32.2. The summed E-state index contributed by atoms with van der Waals surface area (Å²) in [7, 11) is 1.14. The number of methoxy groups -OCH3 is 1. The van der Waals surface area contributed by atoms with Gasteiger partial charge in [-0.3, -0.25) is 14.6 Å². The van der Waals surface area contributed by atoms with Crippen LogP contribution in [0.5, 0.6) is 0 Å². The van der Waals surface area contributed by atoms with Crippen LogP contribution in [-0.2, 0) is 38.0 Å². The number of carbonyl (C=O) groups excluding carboxylic acids is 3. The lowest BCUT2D eigenvalue weighted by Crippen LogP contribution is -2.45. The molecule has 2 bridgehead atoms. The van der Waals surface area contributed by atoms with Crippen molar-refractivity contribution in [2.45, 2.75) is 23.9 Å². The fourth-order valence-corrected chi connectivity index (χ4v) is 4.12. The molecule has 24 heavy (non-hydrogen) atoms. The van der Waals surface area contributed by atoms with Crippen molar-refractivity contribution < 1.29 is 52.0 Å². The molecule has 9 nitrogen and oxygen atoms in total. The smallest absolute Gasteiger partial charge is 0.415 e. The molecular formula is C12H11F2O9S-. The molecule has 0 aromatic carbocycles. The number of rotatable bonds is 6. The molecule has 0 aromatic rings. The Morgan fingerprint density at radius 3 is 2.71 bits per heavy atom. The summed E-state index contributed by atoms with van der Waals surface area (Å²) < 4.78 is 44.9. The zero-order valence-corrected chi connectivity index (χ0v) is 12.8. The van der Waals surface area contributed by atoms with Gasteiger partial charge in [-0.05, 0) is 6.42 Å². The van der Waals surface area contributed by atoms with Gasteiger partial charge < -0.3 is 19.5 Å². The number of carbonyl (C=O) groups is 3. The third-order valence-electron chi connectivity index (χ3n) is 4.67. The summed E-state index contributed by atoms with van der Waals surface area (Å²) in [5.74, 6) is -6.00. The van der Waals surface area contributed by atoms with Crippen molar-refractivity contribution >= 4 is 30.0 Å². The Bertz CT molecular complexity index is 571. The molecule has 0 spiro atoms. The third kappa shape index (κ3) is 2.53. The van der Waals surface area contributed by atoms with Crippen LogP contribution in [0.1, 0.15) is 6.42 Å². The van der Waals surface area contributed by atoms with Crippen LogP contribution in [0.2, 0.25) is 0 Å². The average molecular weight is 369 g/mol. The largest absolute Gasteiger partial charge is 0.691 e. The predicted octanol–water partition coefficient (Wildman–Crippen LogP) is -0.657. The van der Waals surface area contributed by atoms with Crippen molar-refractivity contribution in [2.75, 3.05) is 7.11 Å². The quantitative estimate of drug-likeness (QED) is 0.196. The second kappa shape index (κ2) is 6.10. The van der Waals surface area contributed by atoms with Gasteiger partial charge in [-0.2, -0.15) is 13.1 Å². The van der Waals surface area contributed by atoms with Crippen molar-refractivity contribution in [3.63, 3.8) is 0 Å². The Balaban J connectivity index is 1.76. The second-order valence-electron chi connectivity index (χ2n) is 5.65. The summed E-state index contributed by atoms with van der Waals surface area (Å²) in [6.45, 7) is 0. The van der Waals surface area contributed by atoms with E-state index in [1.165, 1.54) is 0 Å². The summed E-state index contributed by atoms with van der Waals surface area (Å²) in [6.07, 6.45) is -1.76. The van der Waals surface area contributed by atoms with Gasteiger partial charge in [0.15, 0.2) is 0 Å². The molecule has 3 fully saturated rings. The highest BCUT2D eigenvalue weighted by Crippen LogP contribution is 2.59. The van der Waals surface area contributed by atoms with Crippen molar-refractivity contribution in [3.8, 4) is 0 Å². The number of fused-ring (bicyclic) bond motifs is 1. The van der Waals surface area contributed by atoms with Gasteiger partial charge in [-0.25, -0.2) is 4.79 Å². The number of ether oxygens (including phenoxy) is 3. The van der Waals surface area contributed by atoms with Gasteiger partial charge in [0.25, 0.3) is 0 Å². The summed E-state index contributed by atoms with van der Waals surface area (Å²) >= 11 is -0.820. The Morgan fingerprint density at radius 2 is 2.08 bits per heavy atom. The van der Waals surface area contributed by atoms with E-state index >= 15 is 0 Å². The molecule has 3 rings (SSSR count). The molecule has 0 amide bonds. The standard InChI is InChI=1S/C12H12F2O9S/c1-19-9(15)5-3-2-4-6(5)10(16)20-7(4)8(3)21-11(17)12(13,14)24-23-22-18/h3-8,18H,2H2,1H3/p-1. The molecule has 1 saturated heterocycles. The Morgan fingerprint density at radius 1 is 1.38 bits per heavy atom. The van der Waals surface area contributed by atoms with Crippen LogP contribution in [-0.4, -0.2) is 42.5 Å². The first-order valence-corrected chi connectivity index (χ1v) is 7.57. The lowest BCUT2D eigenvalue weighted by molar-refractivity contribution is -0.777. The van der Waals surface area contributed by atoms with Gasteiger partial charge in [0.2, 0.25) is 0 Å². The topological polar surface area (TPSA) is 120 Å². The van der Waals surface area contributed by atoms with E-state index < -0.39 is 71.1 Å². The van der Waals surface area contributed by atoms with Crippen LogP contribution in [0, 0.1) is 23.7 Å². The van der Waals surface area contributed by atoms with Crippen LogP contribution in [0.25, 0.3) is 0 Å². The first kappa shape index (κ1) is 17.3. The summed E-state index contributed by atoms with van der Waals surface area (Å²) in [5, 5.41) is 8.16. The minimum atomic E-state index is -4.21. The zero-order chi connectivity index (χ0) is 17.6. The maximum absolute atomic E-state index is 13.5. The van der Waals surface area contributed by atoms with Gasteiger partial charge >= 0.3 is 23.2 Å². The molecule has 134 valence electrons. The van der Waals surface area contributed by atoms with E-state index in [0.29, 0.717) is 6.42 Å². The number of esters is 3. The van der Waals surface area contributed by atoms with Crippen molar-refractivity contribution in [1.82, 2.24) is 0 Å². The van der Waals surface area contributed by atoms with E-state index in [1.54, 1.807) is 0 Å². The molecule has 3 aliphatic rings. The van der Waals surface area contributed by atoms with E-state index in [9.17, 15) is 28.4 Å². The van der Waals surface area contributed by atoms with E-state index in [-0.39, 0.29) is 0 Å². The van der Waals surface area contributed by atoms with Gasteiger partial charge in [-0.1, -0.05) is 0 Å². The molecule has 1 heterocycles. The van der Waals surface area contributed by atoms with E-state index in [0.717, 1.165) is 7.11 Å². The minimum Gasteiger partial charge on any atom is -0.691 e. The van der Waals surface area contributed by atoms with Gasteiger partial charge in [0, 0.05) is 11.8 Å². The number of halogens is 2. The molecule has 2 aliphatic carbocycles. The Labute approximate surface area is 137 Å². The van der Waals surface area contributed by atoms with Crippen molar-refractivity contribution in [2.24, 2.45) is 23.7 Å². The van der Waals surface area contributed by atoms with E-state index in [4.69, 9.17) is 9.47 Å². The fourth-order valence-electron chi connectivity index (χ4n) is 3.89. The average Bonchev–Trinajstić information content (AvgIpc) is 3.15. The Kier molecular flexibility index (Phi) is 4.40. The maximum atomic E-state index is 13.5. The maximum Gasteiger partial charge on any atom is 0.415 e. The molecule has 12 heteroatoms. The molecule has 0 aromatic heterocycles. The van der Waals surface area contributed by atoms with E-state index in [2.05, 4.69) is 14.1 Å². The highest BCUT2D eigenvalue weighted by molar-refractivity contribution is 7.96. The van der Waals surface area contributed by atoms with Gasteiger partial charge in [0.1, 0.15) is 24.3 Å². The molecular weight excluding hydrogens is 358 g/mol. The first-order chi connectivity index (χ1) is 11.3. The van der Waals surface area contributed by atoms with Gasteiger partial charge in [-0.15, -0.1) is 0 Å². The normalized spacial score (nSPS) is 36.6. The molecule has 0 radical (unpaired) electrons. The summed E-state index contributed by atoms with van der Waals surface area (Å²) in [6, 6.07) is 0. The second-order valence-corrected chi connectivity index (χ2v) is 6.46. The van der Waals surface area contributed by atoms with Crippen LogP contribution in [0.15, 0.2) is 0 Å². The highest BCUT2D eigenvalue weighted by Gasteiger charge is 2.70. The van der Waals surface area contributed by atoms with Crippen molar-refractivity contribution in [3.05, 3.63) is 0 Å². The predicted molar refractivity (Wildman–Crippen MR) is 65.1 cm³/mol. The number of alkyl halides is 2. The number of hydrogen-bond donors (Lipinski definition) is 0.